The van der Waals surface area contributed by atoms with Crippen LogP contribution in [-0.2, 0) is 19.6 Å². The molecule has 2 atom stereocenters. The van der Waals surface area contributed by atoms with E-state index in [4.69, 9.17) is 15.5 Å². The third-order valence-electron chi connectivity index (χ3n) is 21.3. The Balaban J connectivity index is 0.000000111. The Morgan fingerprint density at radius 1 is 0.535 bits per heavy atom. The summed E-state index contributed by atoms with van der Waals surface area (Å²) in [4.78, 5) is 17.2. The first-order valence-corrected chi connectivity index (χ1v) is 34.4. The van der Waals surface area contributed by atoms with E-state index in [1.165, 1.54) is 90.3 Å². The topological polar surface area (TPSA) is 171 Å². The number of imidazole rings is 1. The van der Waals surface area contributed by atoms with Crippen LogP contribution >= 0.6 is 0 Å². The zero-order valence-corrected chi connectivity index (χ0v) is 56.4. The van der Waals surface area contributed by atoms with Crippen molar-refractivity contribution in [1.29, 1.82) is 10.5 Å². The van der Waals surface area contributed by atoms with Crippen LogP contribution in [0.1, 0.15) is 66.1 Å². The molecule has 0 radical (unpaired) electrons. The van der Waals surface area contributed by atoms with Gasteiger partial charge in [-0.1, -0.05) is 43.3 Å². The van der Waals surface area contributed by atoms with Gasteiger partial charge in [-0.2, -0.15) is 15.2 Å². The first-order valence-electron chi connectivity index (χ1n) is 34.4. The molecule has 4 saturated heterocycles. The number of piperidine rings is 1. The van der Waals surface area contributed by atoms with Crippen molar-refractivity contribution in [1.82, 2.24) is 68.0 Å². The van der Waals surface area contributed by atoms with Crippen molar-refractivity contribution in [3.8, 4) is 97.1 Å². The number of tetrazole rings is 1. The number of rotatable bonds is 7. The van der Waals surface area contributed by atoms with Gasteiger partial charge in [0, 0.05) is 142 Å². The Labute approximate surface area is 575 Å². The van der Waals surface area contributed by atoms with Gasteiger partial charge in [-0.15, -0.1) is 15.3 Å². The highest BCUT2D eigenvalue weighted by atomic mass is 19.1. The molecule has 12 aromatic rings. The van der Waals surface area contributed by atoms with Crippen molar-refractivity contribution in [2.45, 2.75) is 65.2 Å². The molecule has 20 heteroatoms. The number of aromatic nitrogens is 12. The SMILES string of the molecule is CN(C)[C@H]1CCN(c2ccc3c(c2)Cn2cc(-c4ccc(C#N)cc4)cc2-c2nncn2-3)C1.CN1CC2(CCN(c3ccc4c(c3)Cn3cc(-c5ccc(F)cc5)cc3-c3nnnn3-4)C2)C1.Cc1cn2c(n1)-c1cc(-c3ccc(C#N)cc3)cn1Cc1cc(N3CCCC(C)C3)ccc1-2. The van der Waals surface area contributed by atoms with Gasteiger partial charge in [0.1, 0.15) is 12.1 Å². The molecule has 19 rings (SSSR count). The highest BCUT2D eigenvalue weighted by molar-refractivity contribution is 5.76. The van der Waals surface area contributed by atoms with Crippen molar-refractivity contribution in [3.63, 3.8) is 0 Å². The molecular formula is C79H76FN19. The molecule has 0 amide bonds. The molecule has 0 aliphatic carbocycles. The lowest BCUT2D eigenvalue weighted by Gasteiger charge is -2.46. The number of likely N-dealkylation sites (N-methyl/N-ethyl adjacent to an activating group) is 1. The minimum absolute atomic E-state index is 0.234. The predicted molar refractivity (Wildman–Crippen MR) is 384 cm³/mol. The van der Waals surface area contributed by atoms with Crippen molar-refractivity contribution in [2.75, 3.05) is 88.2 Å². The minimum atomic E-state index is -0.234. The zero-order chi connectivity index (χ0) is 67.2. The van der Waals surface area contributed by atoms with Crippen LogP contribution in [0.4, 0.5) is 21.5 Å². The summed E-state index contributed by atoms with van der Waals surface area (Å²) in [5.41, 5.74) is 23.3. The van der Waals surface area contributed by atoms with Crippen LogP contribution in [0.5, 0.6) is 0 Å². The Hall–Kier alpha value is -11.2. The van der Waals surface area contributed by atoms with Crippen LogP contribution in [0.3, 0.4) is 0 Å². The third kappa shape index (κ3) is 11.4. The number of hydrogen-bond acceptors (Lipinski definition) is 13. The summed E-state index contributed by atoms with van der Waals surface area (Å²) in [5.74, 6) is 3.04. The Bertz CT molecular complexity index is 5130. The molecule has 1 spiro atoms. The summed E-state index contributed by atoms with van der Waals surface area (Å²) in [7, 11) is 6.53. The Kier molecular flexibility index (Phi) is 15.3. The first kappa shape index (κ1) is 61.4. The lowest BCUT2D eigenvalue weighted by molar-refractivity contribution is 0.0424. The largest absolute Gasteiger partial charge is 0.371 e. The average Bonchev–Trinajstić information content (AvgIpc) is 1.60. The smallest absolute Gasteiger partial charge is 0.203 e. The van der Waals surface area contributed by atoms with Crippen LogP contribution in [0.2, 0.25) is 0 Å². The number of benzene rings is 6. The van der Waals surface area contributed by atoms with E-state index in [1.807, 2.05) is 53.2 Å². The predicted octanol–water partition coefficient (Wildman–Crippen LogP) is 13.0. The van der Waals surface area contributed by atoms with E-state index in [0.29, 0.717) is 35.0 Å². The molecule has 13 heterocycles. The van der Waals surface area contributed by atoms with Gasteiger partial charge in [0.15, 0.2) is 11.6 Å². The molecule has 0 bridgehead atoms. The fraction of sp³-hybridized carbons (Fsp3) is 0.291. The van der Waals surface area contributed by atoms with E-state index in [0.717, 1.165) is 137 Å². The minimum Gasteiger partial charge on any atom is -0.371 e. The quantitative estimate of drug-likeness (QED) is 0.148. The molecule has 19 nitrogen and oxygen atoms in total. The number of aryl methyl sites for hydroxylation is 1. The highest BCUT2D eigenvalue weighted by Gasteiger charge is 2.46. The monoisotopic (exact) mass is 1310 g/mol. The van der Waals surface area contributed by atoms with Crippen LogP contribution in [0.15, 0.2) is 177 Å². The zero-order valence-electron chi connectivity index (χ0n) is 56.4. The number of hydrogen-bond donors (Lipinski definition) is 0. The number of halogens is 1. The first-order chi connectivity index (χ1) is 48.3. The Morgan fingerprint density at radius 2 is 1.07 bits per heavy atom. The van der Waals surface area contributed by atoms with Gasteiger partial charge < -0.3 is 38.2 Å². The molecule has 0 N–H and O–H groups in total. The second kappa shape index (κ2) is 24.7. The van der Waals surface area contributed by atoms with Gasteiger partial charge in [0.25, 0.3) is 0 Å². The summed E-state index contributed by atoms with van der Waals surface area (Å²) in [6.45, 7) is 15.7. The number of nitrogens with zero attached hydrogens (tertiary/aromatic N) is 19. The average molecular weight is 1310 g/mol. The molecule has 6 aromatic heterocycles. The Morgan fingerprint density at radius 3 is 1.64 bits per heavy atom. The van der Waals surface area contributed by atoms with Gasteiger partial charge in [-0.25, -0.2) is 9.37 Å². The van der Waals surface area contributed by atoms with Gasteiger partial charge in [0.2, 0.25) is 5.82 Å². The van der Waals surface area contributed by atoms with E-state index < -0.39 is 0 Å². The number of nitriles is 2. The lowest BCUT2D eigenvalue weighted by Crippen LogP contribution is -2.55. The molecule has 7 aliphatic heterocycles. The van der Waals surface area contributed by atoms with Crippen LogP contribution in [0.25, 0.3) is 85.0 Å². The normalized spacial score (nSPS) is 17.4. The molecule has 1 unspecified atom stereocenters. The second-order valence-corrected chi connectivity index (χ2v) is 28.5. The van der Waals surface area contributed by atoms with E-state index in [-0.39, 0.29) is 5.82 Å². The summed E-state index contributed by atoms with van der Waals surface area (Å²) < 4.78 is 26.4. The van der Waals surface area contributed by atoms with Crippen LogP contribution in [-0.4, -0.2) is 148 Å². The van der Waals surface area contributed by atoms with E-state index in [2.05, 4.69) is 218 Å². The fourth-order valence-corrected chi connectivity index (χ4v) is 16.3. The molecule has 0 saturated carbocycles. The number of fused-ring (bicyclic) bond motifs is 15. The van der Waals surface area contributed by atoms with Gasteiger partial charge in [0.05, 0.1) is 63.1 Å². The van der Waals surface area contributed by atoms with Gasteiger partial charge >= 0.3 is 0 Å². The highest BCUT2D eigenvalue weighted by Crippen LogP contribution is 2.43. The molecule has 7 aliphatic rings. The standard InChI is InChI=1S/C28H27N5.C26H25N7.C25H24FN7/c1-19-4-3-11-31(15-19)25-9-10-26-24(12-25)18-32-17-23(22-7-5-21(14-29)6-8-22)13-27(32)28-30-20(2)16-33(26)28;1-30(2)23-9-10-31(16-23)22-7-8-24-21(11-22)15-32-14-20(19-5-3-18(13-27)4-6-19)12-25(32)26-29-28-17-33(24)26;1-30-14-25(15-30)8-9-31(16-25)21-6-7-22-19(10-21)13-32-12-18(17-2-4-20(26)5-3-17)11-23(32)24-27-28-29-33(22)24/h5-10,12-13,16-17,19H,3-4,11,15,18H2,1-2H3;3-8,11-12,14,17,23H,9-10,15-16H2,1-2H3;2-7,10-12H,8-9,13-16H2,1H3/t;23-;/m.0./s1. The summed E-state index contributed by atoms with van der Waals surface area (Å²) in [5, 5.41) is 39.5. The molecular weight excluding hydrogens is 1230 g/mol. The second-order valence-electron chi connectivity index (χ2n) is 28.5. The van der Waals surface area contributed by atoms with E-state index in [1.54, 1.807) is 18.5 Å². The maximum atomic E-state index is 13.4. The van der Waals surface area contributed by atoms with Crippen molar-refractivity contribution >= 4 is 17.1 Å². The maximum Gasteiger partial charge on any atom is 0.203 e. The molecule has 99 heavy (non-hydrogen) atoms. The van der Waals surface area contributed by atoms with Crippen molar-refractivity contribution in [3.05, 3.63) is 216 Å². The van der Waals surface area contributed by atoms with Gasteiger partial charge in [-0.3, -0.25) is 9.13 Å². The summed E-state index contributed by atoms with van der Waals surface area (Å²) in [6.07, 6.45) is 15.5. The lowest BCUT2D eigenvalue weighted by atomic mass is 9.79. The summed E-state index contributed by atoms with van der Waals surface area (Å²) >= 11 is 0. The fourth-order valence-electron chi connectivity index (χ4n) is 16.3. The van der Waals surface area contributed by atoms with E-state index in [9.17, 15) is 4.39 Å². The molecule has 4 fully saturated rings. The molecule has 6 aromatic carbocycles. The number of anilines is 3. The van der Waals surface area contributed by atoms with Crippen molar-refractivity contribution < 1.29 is 4.39 Å². The van der Waals surface area contributed by atoms with E-state index >= 15 is 0 Å². The molecule has 494 valence electrons. The summed E-state index contributed by atoms with van der Waals surface area (Å²) in [6, 6.07) is 53.9. The van der Waals surface area contributed by atoms with Gasteiger partial charge in [-0.05, 0) is 213 Å². The third-order valence-corrected chi connectivity index (χ3v) is 21.3. The van der Waals surface area contributed by atoms with Crippen LogP contribution in [0, 0.1) is 46.7 Å². The number of likely N-dealkylation sites (tertiary alicyclic amines) is 1. The van der Waals surface area contributed by atoms with Crippen LogP contribution < -0.4 is 14.7 Å². The van der Waals surface area contributed by atoms with Crippen molar-refractivity contribution in [2.24, 2.45) is 11.3 Å². The maximum absolute atomic E-state index is 13.4.